The standard InChI is InChI=1S/C25H36ClN3O3/c1-24(2,3)12-9-17-7-8-19(14-21(17)26)25-11-5-6-18(15-27-4)20(25)16-29(23(32)28-25)13-10-22(30)31/h7-8,14,16,18,27H,5-6,9-13,15H2,1-4H3,(H,28,32)(H,30,31). The largest absolute Gasteiger partial charge is 0.481 e. The predicted molar refractivity (Wildman–Crippen MR) is 128 cm³/mol. The Kier molecular flexibility index (Phi) is 7.56. The number of carbonyl (C=O) groups excluding carboxylic acids is 1. The molecule has 2 aliphatic rings. The van der Waals surface area contributed by atoms with Gasteiger partial charge in [-0.2, -0.15) is 0 Å². The number of hydrogen-bond donors (Lipinski definition) is 3. The second-order valence-corrected chi connectivity index (χ2v) is 10.7. The first kappa shape index (κ1) is 24.6. The molecule has 0 aromatic heterocycles. The van der Waals surface area contributed by atoms with E-state index in [1.165, 1.54) is 4.90 Å². The second kappa shape index (κ2) is 9.84. The Morgan fingerprint density at radius 3 is 2.75 bits per heavy atom. The lowest BCUT2D eigenvalue weighted by Gasteiger charge is -2.48. The molecule has 1 aliphatic carbocycles. The second-order valence-electron chi connectivity index (χ2n) is 10.3. The molecular weight excluding hydrogens is 426 g/mol. The third-order valence-corrected chi connectivity index (χ3v) is 6.97. The van der Waals surface area contributed by atoms with Gasteiger partial charge in [0, 0.05) is 24.3 Å². The summed E-state index contributed by atoms with van der Waals surface area (Å²) in [7, 11) is 1.93. The lowest BCUT2D eigenvalue weighted by molar-refractivity contribution is -0.137. The van der Waals surface area contributed by atoms with E-state index in [0.717, 1.165) is 60.4 Å². The number of hydrogen-bond acceptors (Lipinski definition) is 3. The maximum absolute atomic E-state index is 13.0. The molecule has 0 bridgehead atoms. The van der Waals surface area contributed by atoms with Crippen molar-refractivity contribution in [3.63, 3.8) is 0 Å². The van der Waals surface area contributed by atoms with E-state index in [4.69, 9.17) is 16.7 Å². The number of carboxylic acids is 1. The first-order valence-electron chi connectivity index (χ1n) is 11.5. The molecule has 176 valence electrons. The topological polar surface area (TPSA) is 81.7 Å². The smallest absolute Gasteiger partial charge is 0.322 e. The van der Waals surface area contributed by atoms with Crippen molar-refractivity contribution in [3.8, 4) is 0 Å². The van der Waals surface area contributed by atoms with Crippen LogP contribution in [0.5, 0.6) is 0 Å². The number of fused-ring (bicyclic) bond motifs is 1. The van der Waals surface area contributed by atoms with E-state index in [9.17, 15) is 9.59 Å². The molecule has 2 amide bonds. The summed E-state index contributed by atoms with van der Waals surface area (Å²) in [4.78, 5) is 25.6. The average Bonchev–Trinajstić information content (AvgIpc) is 2.71. The molecule has 7 heteroatoms. The third kappa shape index (κ3) is 5.46. The van der Waals surface area contributed by atoms with Crippen molar-refractivity contribution in [1.82, 2.24) is 15.5 Å². The quantitative estimate of drug-likeness (QED) is 0.513. The van der Waals surface area contributed by atoms with E-state index in [-0.39, 0.29) is 30.3 Å². The van der Waals surface area contributed by atoms with Gasteiger partial charge >= 0.3 is 12.0 Å². The van der Waals surface area contributed by atoms with Crippen LogP contribution in [0.2, 0.25) is 5.02 Å². The van der Waals surface area contributed by atoms with E-state index in [2.05, 4.69) is 43.5 Å². The van der Waals surface area contributed by atoms with E-state index in [0.29, 0.717) is 0 Å². The van der Waals surface area contributed by atoms with Gasteiger partial charge in [-0.1, -0.05) is 44.5 Å². The number of rotatable bonds is 8. The van der Waals surface area contributed by atoms with E-state index in [1.54, 1.807) is 0 Å². The Labute approximate surface area is 196 Å². The number of urea groups is 1. The Hall–Kier alpha value is -2.05. The number of aryl methyl sites for hydroxylation is 1. The molecule has 0 saturated heterocycles. The molecule has 0 radical (unpaired) electrons. The van der Waals surface area contributed by atoms with Gasteiger partial charge in [0.05, 0.1) is 12.0 Å². The number of carboxylic acid groups (broad SMARTS) is 1. The Balaban J connectivity index is 1.98. The summed E-state index contributed by atoms with van der Waals surface area (Å²) in [5.41, 5.74) is 2.88. The maximum Gasteiger partial charge on any atom is 0.322 e. The van der Waals surface area contributed by atoms with E-state index in [1.807, 2.05) is 19.3 Å². The molecular formula is C25H36ClN3O3. The van der Waals surface area contributed by atoms with Crippen LogP contribution in [-0.2, 0) is 16.8 Å². The highest BCUT2D eigenvalue weighted by Crippen LogP contribution is 2.47. The van der Waals surface area contributed by atoms with Crippen LogP contribution in [0, 0.1) is 11.3 Å². The number of halogens is 1. The van der Waals surface area contributed by atoms with Gasteiger partial charge in [-0.15, -0.1) is 0 Å². The zero-order valence-corrected chi connectivity index (χ0v) is 20.4. The third-order valence-electron chi connectivity index (χ3n) is 6.62. The number of carbonyl (C=O) groups is 2. The zero-order valence-electron chi connectivity index (χ0n) is 19.6. The summed E-state index contributed by atoms with van der Waals surface area (Å²) in [6.07, 6.45) is 6.57. The normalized spacial score (nSPS) is 23.4. The van der Waals surface area contributed by atoms with Gasteiger partial charge in [0.25, 0.3) is 0 Å². The monoisotopic (exact) mass is 461 g/mol. The molecule has 2 atom stereocenters. The van der Waals surface area contributed by atoms with Crippen LogP contribution in [-0.4, -0.2) is 42.1 Å². The van der Waals surface area contributed by atoms with Crippen molar-refractivity contribution in [3.05, 3.63) is 46.1 Å². The summed E-state index contributed by atoms with van der Waals surface area (Å²) in [5.74, 6) is -0.665. The van der Waals surface area contributed by atoms with Crippen LogP contribution < -0.4 is 10.6 Å². The van der Waals surface area contributed by atoms with E-state index < -0.39 is 11.5 Å². The SMILES string of the molecule is CNCC1CCCC2(c3ccc(CCC(C)(C)C)c(Cl)c3)NC(=O)N(CCC(=O)O)C=C12. The van der Waals surface area contributed by atoms with Gasteiger partial charge in [-0.25, -0.2) is 4.79 Å². The molecule has 32 heavy (non-hydrogen) atoms. The lowest BCUT2D eigenvalue weighted by Crippen LogP contribution is -2.58. The number of aliphatic carboxylic acids is 1. The predicted octanol–water partition coefficient (Wildman–Crippen LogP) is 4.92. The van der Waals surface area contributed by atoms with Gasteiger partial charge in [-0.05, 0) is 73.3 Å². The highest BCUT2D eigenvalue weighted by molar-refractivity contribution is 6.31. The molecule has 2 unspecified atom stereocenters. The molecule has 3 N–H and O–H groups in total. The fraction of sp³-hybridized carbons (Fsp3) is 0.600. The van der Waals surface area contributed by atoms with Gasteiger partial charge in [0.15, 0.2) is 0 Å². The van der Waals surface area contributed by atoms with Gasteiger partial charge in [0.2, 0.25) is 0 Å². The molecule has 1 fully saturated rings. The summed E-state index contributed by atoms with van der Waals surface area (Å²) in [6.45, 7) is 7.63. The molecule has 1 aromatic rings. The summed E-state index contributed by atoms with van der Waals surface area (Å²) in [5, 5.41) is 16.3. The molecule has 6 nitrogen and oxygen atoms in total. The van der Waals surface area contributed by atoms with Crippen LogP contribution in [0.4, 0.5) is 4.79 Å². The average molecular weight is 462 g/mol. The number of benzene rings is 1. The van der Waals surface area contributed by atoms with Crippen LogP contribution >= 0.6 is 11.6 Å². The van der Waals surface area contributed by atoms with Crippen molar-refractivity contribution in [1.29, 1.82) is 0 Å². The van der Waals surface area contributed by atoms with Crippen LogP contribution in [0.1, 0.15) is 64.0 Å². The van der Waals surface area contributed by atoms with Crippen molar-refractivity contribution in [2.45, 2.75) is 64.8 Å². The van der Waals surface area contributed by atoms with Crippen molar-refractivity contribution >= 4 is 23.6 Å². The molecule has 0 spiro atoms. The minimum atomic E-state index is -0.916. The Morgan fingerprint density at radius 2 is 2.12 bits per heavy atom. The Bertz CT molecular complexity index is 891. The van der Waals surface area contributed by atoms with Gasteiger partial charge in [-0.3, -0.25) is 4.79 Å². The molecule has 1 heterocycles. The number of nitrogens with zero attached hydrogens (tertiary/aromatic N) is 1. The first-order chi connectivity index (χ1) is 15.1. The first-order valence-corrected chi connectivity index (χ1v) is 11.9. The summed E-state index contributed by atoms with van der Waals surface area (Å²) >= 11 is 6.73. The minimum absolute atomic E-state index is 0.0881. The van der Waals surface area contributed by atoms with Gasteiger partial charge < -0.3 is 20.6 Å². The lowest BCUT2D eigenvalue weighted by atomic mass is 9.67. The van der Waals surface area contributed by atoms with E-state index >= 15 is 0 Å². The van der Waals surface area contributed by atoms with Gasteiger partial charge in [0.1, 0.15) is 0 Å². The van der Waals surface area contributed by atoms with Crippen molar-refractivity contribution in [2.75, 3.05) is 20.1 Å². The number of amides is 2. The minimum Gasteiger partial charge on any atom is -0.481 e. The molecule has 3 rings (SSSR count). The van der Waals surface area contributed by atoms with Crippen LogP contribution in [0.3, 0.4) is 0 Å². The molecule has 1 aliphatic heterocycles. The highest BCUT2D eigenvalue weighted by Gasteiger charge is 2.47. The molecule has 1 saturated carbocycles. The van der Waals surface area contributed by atoms with Crippen LogP contribution in [0.15, 0.2) is 30.0 Å². The fourth-order valence-corrected chi connectivity index (χ4v) is 5.12. The summed E-state index contributed by atoms with van der Waals surface area (Å²) < 4.78 is 0. The number of nitrogens with one attached hydrogen (secondary N) is 2. The summed E-state index contributed by atoms with van der Waals surface area (Å²) in [6, 6.07) is 5.96. The van der Waals surface area contributed by atoms with Crippen molar-refractivity contribution in [2.24, 2.45) is 11.3 Å². The van der Waals surface area contributed by atoms with Crippen LogP contribution in [0.25, 0.3) is 0 Å². The maximum atomic E-state index is 13.0. The fourth-order valence-electron chi connectivity index (χ4n) is 4.84. The Morgan fingerprint density at radius 1 is 1.38 bits per heavy atom. The van der Waals surface area contributed by atoms with Crippen molar-refractivity contribution < 1.29 is 14.7 Å². The highest BCUT2D eigenvalue weighted by atomic mass is 35.5. The zero-order chi connectivity index (χ0) is 23.5. The molecule has 1 aromatic carbocycles.